The molecular weight excluding hydrogens is 174 g/mol. The first-order valence-electron chi connectivity index (χ1n) is 4.71. The maximum atomic E-state index is 9.10. The lowest BCUT2D eigenvalue weighted by molar-refractivity contribution is 0.288. The Labute approximate surface area is 84.0 Å². The fourth-order valence-electron chi connectivity index (χ4n) is 1.93. The molecule has 0 amide bonds. The normalized spacial score (nSPS) is 29.6. The molecule has 0 aliphatic carbocycles. The van der Waals surface area contributed by atoms with Gasteiger partial charge in [0.15, 0.2) is 0 Å². The van der Waals surface area contributed by atoms with Gasteiger partial charge in [-0.15, -0.1) is 12.3 Å². The van der Waals surface area contributed by atoms with Crippen LogP contribution >= 0.6 is 0 Å². The Hall–Kier alpha value is -1.30. The van der Waals surface area contributed by atoms with Gasteiger partial charge in [-0.3, -0.25) is 5.32 Å². The summed E-state index contributed by atoms with van der Waals surface area (Å²) >= 11 is 0. The highest BCUT2D eigenvalue weighted by atomic mass is 16.3. The van der Waals surface area contributed by atoms with Crippen LogP contribution in [-0.2, 0) is 5.54 Å². The summed E-state index contributed by atoms with van der Waals surface area (Å²) < 4.78 is 0. The number of benzene rings is 1. The summed E-state index contributed by atoms with van der Waals surface area (Å²) in [6.07, 6.45) is 5.96. The summed E-state index contributed by atoms with van der Waals surface area (Å²) in [6, 6.07) is 10.1. The molecule has 2 unspecified atom stereocenters. The summed E-state index contributed by atoms with van der Waals surface area (Å²) in [5.74, 6) is 2.66. The van der Waals surface area contributed by atoms with E-state index in [1.54, 1.807) is 0 Å². The summed E-state index contributed by atoms with van der Waals surface area (Å²) in [5, 5.41) is 12.4. The first kappa shape index (κ1) is 9.26. The van der Waals surface area contributed by atoms with Gasteiger partial charge < -0.3 is 5.11 Å². The third-order valence-electron chi connectivity index (χ3n) is 2.80. The van der Waals surface area contributed by atoms with Gasteiger partial charge in [0.05, 0.1) is 18.2 Å². The topological polar surface area (TPSA) is 42.2 Å². The van der Waals surface area contributed by atoms with E-state index in [-0.39, 0.29) is 18.2 Å². The zero-order valence-corrected chi connectivity index (χ0v) is 7.90. The van der Waals surface area contributed by atoms with Gasteiger partial charge >= 0.3 is 0 Å². The molecule has 0 aromatic heterocycles. The van der Waals surface area contributed by atoms with E-state index in [1.807, 2.05) is 30.3 Å². The van der Waals surface area contributed by atoms with Gasteiger partial charge in [0.1, 0.15) is 0 Å². The minimum Gasteiger partial charge on any atom is -0.395 e. The summed E-state index contributed by atoms with van der Waals surface area (Å²) in [7, 11) is 0. The monoisotopic (exact) mass is 187 g/mol. The quantitative estimate of drug-likeness (QED) is 0.544. The van der Waals surface area contributed by atoms with Crippen LogP contribution in [0.1, 0.15) is 12.0 Å². The van der Waals surface area contributed by atoms with E-state index in [0.29, 0.717) is 6.42 Å². The Morgan fingerprint density at radius 2 is 2.14 bits per heavy atom. The van der Waals surface area contributed by atoms with Gasteiger partial charge in [-0.25, -0.2) is 0 Å². The molecule has 1 aromatic carbocycles. The van der Waals surface area contributed by atoms with Crippen LogP contribution in [0.4, 0.5) is 0 Å². The highest BCUT2D eigenvalue weighted by Gasteiger charge is 2.53. The standard InChI is InChI=1S/C12H13NO/c1-2-8-12(11(9-14)13-12)10-6-4-3-5-7-10/h1,3-7,11,13-14H,8-9H2. The van der Waals surface area contributed by atoms with Crippen LogP contribution in [0.15, 0.2) is 30.3 Å². The van der Waals surface area contributed by atoms with Crippen molar-refractivity contribution in [2.75, 3.05) is 6.61 Å². The Bertz CT molecular complexity index is 354. The van der Waals surface area contributed by atoms with Crippen molar-refractivity contribution in [3.05, 3.63) is 35.9 Å². The average Bonchev–Trinajstić information content (AvgIpc) is 2.95. The van der Waals surface area contributed by atoms with E-state index in [2.05, 4.69) is 11.2 Å². The number of hydrogen-bond acceptors (Lipinski definition) is 2. The molecule has 0 bridgehead atoms. The van der Waals surface area contributed by atoms with E-state index >= 15 is 0 Å². The fraction of sp³-hybridized carbons (Fsp3) is 0.333. The molecule has 0 spiro atoms. The molecule has 2 heteroatoms. The van der Waals surface area contributed by atoms with Crippen molar-refractivity contribution in [1.82, 2.24) is 5.32 Å². The van der Waals surface area contributed by atoms with E-state index in [1.165, 1.54) is 0 Å². The lowest BCUT2D eigenvalue weighted by Crippen LogP contribution is -2.15. The van der Waals surface area contributed by atoms with Gasteiger partial charge in [-0.2, -0.15) is 0 Å². The smallest absolute Gasteiger partial charge is 0.0726 e. The van der Waals surface area contributed by atoms with Crippen LogP contribution in [-0.4, -0.2) is 17.8 Å². The SMILES string of the molecule is C#CCC1(c2ccccc2)NC1CO. The zero-order chi connectivity index (χ0) is 10.0. The molecule has 2 atom stereocenters. The summed E-state index contributed by atoms with van der Waals surface area (Å²) in [6.45, 7) is 0.135. The highest BCUT2D eigenvalue weighted by Crippen LogP contribution is 2.40. The van der Waals surface area contributed by atoms with Crippen molar-refractivity contribution in [2.24, 2.45) is 0 Å². The predicted octanol–water partition coefficient (Wildman–Crippen LogP) is 0.869. The van der Waals surface area contributed by atoms with Crippen LogP contribution < -0.4 is 5.32 Å². The van der Waals surface area contributed by atoms with Crippen molar-refractivity contribution in [3.8, 4) is 12.3 Å². The number of rotatable bonds is 3. The second-order valence-corrected chi connectivity index (χ2v) is 3.60. The number of hydrogen-bond donors (Lipinski definition) is 2. The van der Waals surface area contributed by atoms with Crippen LogP contribution in [0.25, 0.3) is 0 Å². The maximum absolute atomic E-state index is 9.10. The summed E-state index contributed by atoms with van der Waals surface area (Å²) in [4.78, 5) is 0. The molecule has 72 valence electrons. The van der Waals surface area contributed by atoms with Crippen LogP contribution in [0, 0.1) is 12.3 Å². The third kappa shape index (κ3) is 1.31. The maximum Gasteiger partial charge on any atom is 0.0726 e. The van der Waals surface area contributed by atoms with E-state index in [0.717, 1.165) is 5.56 Å². The van der Waals surface area contributed by atoms with Gasteiger partial charge in [-0.05, 0) is 5.56 Å². The van der Waals surface area contributed by atoms with Gasteiger partial charge in [-0.1, -0.05) is 30.3 Å². The van der Waals surface area contributed by atoms with Crippen LogP contribution in [0.5, 0.6) is 0 Å². The molecule has 1 fully saturated rings. The van der Waals surface area contributed by atoms with Gasteiger partial charge in [0.25, 0.3) is 0 Å². The van der Waals surface area contributed by atoms with Crippen molar-refractivity contribution in [3.63, 3.8) is 0 Å². The molecule has 1 saturated heterocycles. The first-order chi connectivity index (χ1) is 6.83. The van der Waals surface area contributed by atoms with Crippen molar-refractivity contribution in [1.29, 1.82) is 0 Å². The molecule has 14 heavy (non-hydrogen) atoms. The largest absolute Gasteiger partial charge is 0.395 e. The Balaban J connectivity index is 2.27. The second kappa shape index (κ2) is 3.45. The second-order valence-electron chi connectivity index (χ2n) is 3.60. The number of aliphatic hydroxyl groups excluding tert-OH is 1. The molecule has 2 N–H and O–H groups in total. The van der Waals surface area contributed by atoms with E-state index in [4.69, 9.17) is 11.5 Å². The lowest BCUT2D eigenvalue weighted by atomic mass is 9.92. The number of nitrogens with one attached hydrogen (secondary N) is 1. The minimum atomic E-state index is -0.176. The molecule has 1 heterocycles. The predicted molar refractivity (Wildman–Crippen MR) is 55.6 cm³/mol. The molecule has 1 aliphatic heterocycles. The van der Waals surface area contributed by atoms with Crippen molar-refractivity contribution in [2.45, 2.75) is 18.0 Å². The number of terminal acetylenes is 1. The molecular formula is C12H13NO. The van der Waals surface area contributed by atoms with E-state index < -0.39 is 0 Å². The Morgan fingerprint density at radius 3 is 2.64 bits per heavy atom. The molecule has 0 radical (unpaired) electrons. The molecule has 2 nitrogen and oxygen atoms in total. The Kier molecular flexibility index (Phi) is 2.28. The van der Waals surface area contributed by atoms with Gasteiger partial charge in [0.2, 0.25) is 0 Å². The number of aliphatic hydroxyl groups is 1. The van der Waals surface area contributed by atoms with Crippen molar-refractivity contribution < 1.29 is 5.11 Å². The lowest BCUT2D eigenvalue weighted by Gasteiger charge is -2.11. The van der Waals surface area contributed by atoms with Crippen molar-refractivity contribution >= 4 is 0 Å². The molecule has 1 aromatic rings. The molecule has 0 saturated carbocycles. The first-order valence-corrected chi connectivity index (χ1v) is 4.71. The van der Waals surface area contributed by atoms with E-state index in [9.17, 15) is 0 Å². The van der Waals surface area contributed by atoms with Crippen LogP contribution in [0.2, 0.25) is 0 Å². The minimum absolute atomic E-state index is 0.112. The fourth-order valence-corrected chi connectivity index (χ4v) is 1.93. The third-order valence-corrected chi connectivity index (χ3v) is 2.80. The van der Waals surface area contributed by atoms with Crippen LogP contribution in [0.3, 0.4) is 0 Å². The Morgan fingerprint density at radius 1 is 1.43 bits per heavy atom. The van der Waals surface area contributed by atoms with Gasteiger partial charge in [0, 0.05) is 6.42 Å². The summed E-state index contributed by atoms with van der Waals surface area (Å²) in [5.41, 5.74) is 0.988. The molecule has 1 aliphatic rings. The molecule has 2 rings (SSSR count). The zero-order valence-electron chi connectivity index (χ0n) is 7.90. The highest BCUT2D eigenvalue weighted by molar-refractivity contribution is 5.36. The average molecular weight is 187 g/mol.